The lowest BCUT2D eigenvalue weighted by atomic mass is 10.1. The summed E-state index contributed by atoms with van der Waals surface area (Å²) in [5.74, 6) is -0.264. The predicted octanol–water partition coefficient (Wildman–Crippen LogP) is 3.32. The molecular weight excluding hydrogens is 384 g/mol. The minimum atomic E-state index is -3.85. The van der Waals surface area contributed by atoms with Crippen LogP contribution in [0.2, 0.25) is 5.02 Å². The van der Waals surface area contributed by atoms with E-state index in [0.717, 1.165) is 11.1 Å². The van der Waals surface area contributed by atoms with Crippen molar-refractivity contribution in [2.45, 2.75) is 24.3 Å². The number of hydrogen-bond acceptors (Lipinski definition) is 3. The number of sulfonamides is 1. The van der Waals surface area contributed by atoms with Crippen LogP contribution < -0.4 is 5.32 Å². The molecule has 1 amide bonds. The van der Waals surface area contributed by atoms with Gasteiger partial charge in [-0.1, -0.05) is 53.6 Å². The lowest BCUT2D eigenvalue weighted by molar-refractivity contribution is -0.122. The van der Waals surface area contributed by atoms with Crippen LogP contribution in [0.1, 0.15) is 18.9 Å². The van der Waals surface area contributed by atoms with Crippen molar-refractivity contribution < 1.29 is 13.2 Å². The second-order valence-electron chi connectivity index (χ2n) is 6.50. The van der Waals surface area contributed by atoms with Gasteiger partial charge in [-0.25, -0.2) is 8.42 Å². The Labute approximate surface area is 164 Å². The fraction of sp³-hybridized carbons (Fsp3) is 0.250. The Hall–Kier alpha value is -2.15. The van der Waals surface area contributed by atoms with Gasteiger partial charge < -0.3 is 5.32 Å². The molecule has 1 unspecified atom stereocenters. The highest BCUT2D eigenvalue weighted by Gasteiger charge is 2.38. The quantitative estimate of drug-likeness (QED) is 0.803. The van der Waals surface area contributed by atoms with Gasteiger partial charge in [0, 0.05) is 18.1 Å². The normalized spacial score (nSPS) is 18.0. The van der Waals surface area contributed by atoms with E-state index in [1.165, 1.54) is 28.6 Å². The van der Waals surface area contributed by atoms with Crippen molar-refractivity contribution in [1.29, 1.82) is 0 Å². The molecule has 0 spiro atoms. The lowest BCUT2D eigenvalue weighted by Gasteiger charge is -2.27. The first-order valence-electron chi connectivity index (χ1n) is 8.65. The van der Waals surface area contributed by atoms with E-state index in [-0.39, 0.29) is 17.3 Å². The van der Waals surface area contributed by atoms with Crippen LogP contribution in [0.15, 0.2) is 65.1 Å². The number of nitrogens with one attached hydrogen (secondary N) is 1. The van der Waals surface area contributed by atoms with E-state index in [1.54, 1.807) is 0 Å². The third-order valence-electron chi connectivity index (χ3n) is 4.41. The molecule has 3 rings (SSSR count). The van der Waals surface area contributed by atoms with Gasteiger partial charge in [-0.2, -0.15) is 4.31 Å². The summed E-state index contributed by atoms with van der Waals surface area (Å²) in [5.41, 5.74) is 1.83. The summed E-state index contributed by atoms with van der Waals surface area (Å²) in [6.45, 7) is 2.47. The minimum absolute atomic E-state index is 0.124. The molecule has 1 fully saturated rings. The summed E-state index contributed by atoms with van der Waals surface area (Å²) >= 11 is 5.88. The Kier molecular flexibility index (Phi) is 5.99. The zero-order valence-corrected chi connectivity index (χ0v) is 16.5. The fourth-order valence-corrected chi connectivity index (χ4v) is 4.87. The number of amides is 1. The number of halogens is 1. The van der Waals surface area contributed by atoms with Crippen LogP contribution in [0.25, 0.3) is 6.08 Å². The highest BCUT2D eigenvalue weighted by atomic mass is 35.5. The topological polar surface area (TPSA) is 66.5 Å². The zero-order valence-electron chi connectivity index (χ0n) is 14.9. The summed E-state index contributed by atoms with van der Waals surface area (Å²) in [7, 11) is -3.85. The van der Waals surface area contributed by atoms with Crippen LogP contribution in [-0.2, 0) is 14.8 Å². The van der Waals surface area contributed by atoms with Gasteiger partial charge in [0.25, 0.3) is 0 Å². The summed E-state index contributed by atoms with van der Waals surface area (Å²) in [6, 6.07) is 15.0. The van der Waals surface area contributed by atoms with Gasteiger partial charge in [0.2, 0.25) is 15.9 Å². The van der Waals surface area contributed by atoms with Gasteiger partial charge in [-0.15, -0.1) is 0 Å². The standard InChI is InChI=1S/C20H21ClN2O3S/c1-15(13-16-5-3-2-4-6-16)14-23(19-11-12-22-20(19)24)27(25,26)18-9-7-17(21)8-10-18/h2-10,13,19H,11-12,14H2,1H3,(H,22,24)/b15-13+. The van der Waals surface area contributed by atoms with Crippen LogP contribution in [0.3, 0.4) is 0 Å². The van der Waals surface area contributed by atoms with E-state index in [0.29, 0.717) is 18.0 Å². The largest absolute Gasteiger partial charge is 0.355 e. The Morgan fingerprint density at radius 2 is 1.85 bits per heavy atom. The molecule has 2 aromatic carbocycles. The van der Waals surface area contributed by atoms with Gasteiger partial charge in [-0.3, -0.25) is 4.79 Å². The van der Waals surface area contributed by atoms with Gasteiger partial charge in [0.05, 0.1) is 4.90 Å². The molecule has 1 saturated heterocycles. The molecule has 0 bridgehead atoms. The first kappa shape index (κ1) is 19.6. The Morgan fingerprint density at radius 1 is 1.19 bits per heavy atom. The van der Waals surface area contributed by atoms with Gasteiger partial charge >= 0.3 is 0 Å². The van der Waals surface area contributed by atoms with Crippen LogP contribution in [0, 0.1) is 0 Å². The van der Waals surface area contributed by atoms with Crippen LogP contribution in [-0.4, -0.2) is 37.8 Å². The second kappa shape index (κ2) is 8.25. The van der Waals surface area contributed by atoms with E-state index in [2.05, 4.69) is 5.32 Å². The predicted molar refractivity (Wildman–Crippen MR) is 107 cm³/mol. The molecule has 27 heavy (non-hydrogen) atoms. The molecule has 1 heterocycles. The van der Waals surface area contributed by atoms with Crippen molar-refractivity contribution in [2.24, 2.45) is 0 Å². The Bertz CT molecular complexity index is 941. The van der Waals surface area contributed by atoms with Crippen LogP contribution in [0.4, 0.5) is 0 Å². The highest BCUT2D eigenvalue weighted by Crippen LogP contribution is 2.24. The maximum absolute atomic E-state index is 13.2. The first-order chi connectivity index (χ1) is 12.9. The number of nitrogens with zero attached hydrogens (tertiary/aromatic N) is 1. The van der Waals surface area contributed by atoms with Crippen LogP contribution >= 0.6 is 11.6 Å². The van der Waals surface area contributed by atoms with E-state index in [1.807, 2.05) is 43.3 Å². The van der Waals surface area contributed by atoms with E-state index < -0.39 is 16.1 Å². The molecule has 0 aromatic heterocycles. The molecule has 0 aliphatic carbocycles. The molecular formula is C20H21ClN2O3S. The number of benzene rings is 2. The molecule has 0 saturated carbocycles. The average Bonchev–Trinajstić information content (AvgIpc) is 3.06. The monoisotopic (exact) mass is 404 g/mol. The van der Waals surface area contributed by atoms with E-state index >= 15 is 0 Å². The number of hydrogen-bond donors (Lipinski definition) is 1. The van der Waals surface area contributed by atoms with Crippen molar-refractivity contribution >= 4 is 33.6 Å². The van der Waals surface area contributed by atoms with Gasteiger partial charge in [0.1, 0.15) is 6.04 Å². The second-order valence-corrected chi connectivity index (χ2v) is 8.83. The average molecular weight is 405 g/mol. The molecule has 142 valence electrons. The van der Waals surface area contributed by atoms with E-state index in [4.69, 9.17) is 11.6 Å². The molecule has 0 radical (unpaired) electrons. The van der Waals surface area contributed by atoms with Crippen molar-refractivity contribution in [3.8, 4) is 0 Å². The summed E-state index contributed by atoms with van der Waals surface area (Å²) in [5, 5.41) is 3.18. The third-order valence-corrected chi connectivity index (χ3v) is 6.53. The Balaban J connectivity index is 1.95. The van der Waals surface area contributed by atoms with Crippen molar-refractivity contribution in [3.63, 3.8) is 0 Å². The molecule has 1 N–H and O–H groups in total. The van der Waals surface area contributed by atoms with Gasteiger partial charge in [-0.05, 0) is 43.2 Å². The van der Waals surface area contributed by atoms with Gasteiger partial charge in [0.15, 0.2) is 0 Å². The molecule has 5 nitrogen and oxygen atoms in total. The summed E-state index contributed by atoms with van der Waals surface area (Å²) in [6.07, 6.45) is 2.38. The number of rotatable bonds is 6. The molecule has 1 atom stereocenters. The number of carbonyl (C=O) groups is 1. The maximum atomic E-state index is 13.2. The molecule has 1 aliphatic heterocycles. The van der Waals surface area contributed by atoms with E-state index in [9.17, 15) is 13.2 Å². The Morgan fingerprint density at radius 3 is 2.44 bits per heavy atom. The van der Waals surface area contributed by atoms with Crippen molar-refractivity contribution in [1.82, 2.24) is 9.62 Å². The van der Waals surface area contributed by atoms with Crippen molar-refractivity contribution in [3.05, 3.63) is 70.8 Å². The SMILES string of the molecule is C/C(=C\c1ccccc1)CN(C1CCNC1=O)S(=O)(=O)c1ccc(Cl)cc1. The fourth-order valence-electron chi connectivity index (χ4n) is 3.09. The lowest BCUT2D eigenvalue weighted by Crippen LogP contribution is -2.45. The minimum Gasteiger partial charge on any atom is -0.355 e. The van der Waals surface area contributed by atoms with Crippen LogP contribution in [0.5, 0.6) is 0 Å². The smallest absolute Gasteiger partial charge is 0.244 e. The first-order valence-corrected chi connectivity index (χ1v) is 10.5. The highest BCUT2D eigenvalue weighted by molar-refractivity contribution is 7.89. The maximum Gasteiger partial charge on any atom is 0.244 e. The summed E-state index contributed by atoms with van der Waals surface area (Å²) in [4.78, 5) is 12.4. The summed E-state index contributed by atoms with van der Waals surface area (Å²) < 4.78 is 27.8. The zero-order chi connectivity index (χ0) is 19.4. The molecule has 1 aliphatic rings. The third kappa shape index (κ3) is 4.58. The number of carbonyl (C=O) groups excluding carboxylic acids is 1. The van der Waals surface area contributed by atoms with Crippen molar-refractivity contribution in [2.75, 3.05) is 13.1 Å². The molecule has 2 aromatic rings. The molecule has 7 heteroatoms.